The quantitative estimate of drug-likeness (QED) is 0.117. The van der Waals surface area contributed by atoms with E-state index in [0.717, 1.165) is 28.2 Å². The van der Waals surface area contributed by atoms with E-state index in [2.05, 4.69) is 138 Å². The number of fused-ring (bicyclic) bond motifs is 6. The smallest absolute Gasteiger partial charge is 0.329 e. The molecule has 0 saturated heterocycles. The van der Waals surface area contributed by atoms with Crippen LogP contribution in [0.15, 0.2) is 170 Å². The Morgan fingerprint density at radius 3 is 1.45 bits per heavy atom. The molecule has 0 aliphatic heterocycles. The zero-order chi connectivity index (χ0) is 28.8. The van der Waals surface area contributed by atoms with Gasteiger partial charge >= 0.3 is 29.6 Å². The van der Waals surface area contributed by atoms with Crippen molar-refractivity contribution >= 4 is 49.4 Å². The first kappa shape index (κ1) is 29.4. The first-order chi connectivity index (χ1) is 21.4. The van der Waals surface area contributed by atoms with Gasteiger partial charge < -0.3 is 4.90 Å². The summed E-state index contributed by atoms with van der Waals surface area (Å²) in [7, 11) is 0. The minimum absolute atomic E-state index is 0. The Morgan fingerprint density at radius 2 is 0.864 bits per heavy atom. The van der Waals surface area contributed by atoms with Crippen LogP contribution in [0.3, 0.4) is 0 Å². The molecule has 0 spiro atoms. The summed E-state index contributed by atoms with van der Waals surface area (Å²) >= 11 is 0. The van der Waals surface area contributed by atoms with Crippen molar-refractivity contribution in [2.75, 3.05) is 4.90 Å². The number of anilines is 3. The van der Waals surface area contributed by atoms with Gasteiger partial charge in [0.05, 0.1) is 0 Å². The van der Waals surface area contributed by atoms with Crippen LogP contribution >= 0.6 is 0 Å². The molecule has 8 aromatic carbocycles. The third-order valence-electron chi connectivity index (χ3n) is 7.65. The molecule has 0 atom stereocenters. The van der Waals surface area contributed by atoms with Gasteiger partial charge in [-0.05, 0) is 62.3 Å². The van der Waals surface area contributed by atoms with Crippen molar-refractivity contribution < 1.29 is 29.6 Å². The van der Waals surface area contributed by atoms with Crippen molar-refractivity contribution in [3.05, 3.63) is 188 Å². The van der Waals surface area contributed by atoms with Gasteiger partial charge in [-0.25, -0.2) is 11.1 Å². The number of nitrogens with zero attached hydrogens (tertiary/aromatic N) is 1. The summed E-state index contributed by atoms with van der Waals surface area (Å²) in [4.78, 5) is 2.32. The third kappa shape index (κ3) is 6.04. The van der Waals surface area contributed by atoms with E-state index in [9.17, 15) is 0 Å². The average Bonchev–Trinajstić information content (AvgIpc) is 3.10. The van der Waals surface area contributed by atoms with E-state index in [0.29, 0.717) is 0 Å². The summed E-state index contributed by atoms with van der Waals surface area (Å²) in [5.41, 5.74) is 5.38. The minimum Gasteiger partial charge on any atom is -0.329 e. The maximum atomic E-state index is 3.40. The van der Waals surface area contributed by atoms with Gasteiger partial charge in [-0.1, -0.05) is 72.8 Å². The van der Waals surface area contributed by atoms with Gasteiger partial charge in [-0.2, -0.15) is 78.9 Å². The molecule has 2 heteroatoms. The molecule has 44 heavy (non-hydrogen) atoms. The Hall–Kier alpha value is -4.66. The molecule has 0 aromatic heterocycles. The molecule has 0 fully saturated rings. The van der Waals surface area contributed by atoms with Crippen molar-refractivity contribution in [1.29, 1.82) is 0 Å². The van der Waals surface area contributed by atoms with E-state index >= 15 is 0 Å². The largest absolute Gasteiger partial charge is 1.00 e. The molecule has 0 aliphatic rings. The molecule has 8 aromatic rings. The fraction of sp³-hybridized carbons (Fsp3) is 0. The SMILES string of the molecule is [Na+].[c-]1ccccc1.[c-]1ccccc1-c1[c-]ccc(N(c2ccccc2)c2ccc3c4ccccc4c4ccccc4c3c2)c1. The maximum Gasteiger partial charge on any atom is 1.00 e. The molecule has 0 saturated carbocycles. The molecule has 1 nitrogen and oxygen atoms in total. The van der Waals surface area contributed by atoms with Crippen molar-refractivity contribution in [2.45, 2.75) is 0 Å². The van der Waals surface area contributed by atoms with E-state index < -0.39 is 0 Å². The fourth-order valence-electron chi connectivity index (χ4n) is 5.71. The van der Waals surface area contributed by atoms with Gasteiger partial charge in [-0.15, -0.1) is 12.1 Å². The number of rotatable bonds is 4. The maximum absolute atomic E-state index is 3.40. The number of benzene rings is 8. The molecule has 0 bridgehead atoms. The molecule has 0 amide bonds. The van der Waals surface area contributed by atoms with Crippen LogP contribution in [0.5, 0.6) is 0 Å². The van der Waals surface area contributed by atoms with Crippen LogP contribution in [0.1, 0.15) is 0 Å². The van der Waals surface area contributed by atoms with Crippen LogP contribution in [0.2, 0.25) is 0 Å². The number of hydrogen-bond donors (Lipinski definition) is 0. The van der Waals surface area contributed by atoms with Crippen molar-refractivity contribution in [2.24, 2.45) is 0 Å². The summed E-state index contributed by atoms with van der Waals surface area (Å²) < 4.78 is 0. The molecule has 0 aliphatic carbocycles. The van der Waals surface area contributed by atoms with Gasteiger partial charge in [0.25, 0.3) is 0 Å². The molecular formula is C42H28NNa-2. The Kier molecular flexibility index (Phi) is 9.20. The zero-order valence-corrected chi connectivity index (χ0v) is 26.6. The molecular weight excluding hydrogens is 541 g/mol. The summed E-state index contributed by atoms with van der Waals surface area (Å²) in [5, 5.41) is 7.65. The van der Waals surface area contributed by atoms with Crippen LogP contribution < -0.4 is 34.5 Å². The number of hydrogen-bond acceptors (Lipinski definition) is 1. The third-order valence-corrected chi connectivity index (χ3v) is 7.65. The average molecular weight is 570 g/mol. The van der Waals surface area contributed by atoms with Crippen LogP contribution in [0.25, 0.3) is 43.4 Å². The van der Waals surface area contributed by atoms with E-state index in [1.165, 1.54) is 32.3 Å². The number of para-hydroxylation sites is 1. The van der Waals surface area contributed by atoms with E-state index in [-0.39, 0.29) is 29.6 Å². The van der Waals surface area contributed by atoms with Gasteiger partial charge in [0.1, 0.15) is 0 Å². The second-order valence-electron chi connectivity index (χ2n) is 10.3. The Balaban J connectivity index is 0.000000441. The van der Waals surface area contributed by atoms with Gasteiger partial charge in [0.15, 0.2) is 0 Å². The van der Waals surface area contributed by atoms with Crippen LogP contribution in [0, 0.1) is 18.2 Å². The predicted molar refractivity (Wildman–Crippen MR) is 182 cm³/mol. The Bertz CT molecular complexity index is 2060. The van der Waals surface area contributed by atoms with Crippen molar-refractivity contribution in [3.63, 3.8) is 0 Å². The van der Waals surface area contributed by atoms with Crippen LogP contribution in [-0.4, -0.2) is 0 Å². The first-order valence-corrected chi connectivity index (χ1v) is 14.5. The van der Waals surface area contributed by atoms with Gasteiger partial charge in [0, 0.05) is 11.4 Å². The second kappa shape index (κ2) is 13.8. The molecule has 0 N–H and O–H groups in total. The monoisotopic (exact) mass is 569 g/mol. The Morgan fingerprint density at radius 1 is 0.341 bits per heavy atom. The molecule has 0 radical (unpaired) electrons. The summed E-state index contributed by atoms with van der Waals surface area (Å²) in [6, 6.07) is 68.5. The molecule has 0 unspecified atom stereocenters. The van der Waals surface area contributed by atoms with E-state index in [4.69, 9.17) is 0 Å². The van der Waals surface area contributed by atoms with Gasteiger partial charge in [0.2, 0.25) is 0 Å². The van der Waals surface area contributed by atoms with E-state index in [1.54, 1.807) is 0 Å². The summed E-state index contributed by atoms with van der Waals surface area (Å²) in [6.07, 6.45) is 0. The summed E-state index contributed by atoms with van der Waals surface area (Å²) in [6.45, 7) is 0. The van der Waals surface area contributed by atoms with Gasteiger partial charge in [-0.3, -0.25) is 0 Å². The standard InChI is InChI=1S/C36H23N.C6H5.Na/c1-3-12-26(13-4-1)27-14-11-17-29(24-27)37(28-15-5-2-6-16-28)30-22-23-35-33-20-8-7-18-31(33)32-19-9-10-21-34(32)36(35)25-30;1-2-4-6-5-3-1;/h1-12,15-25H;1-5H;/q-2;-1;+1. The predicted octanol–water partition coefficient (Wildman–Crippen LogP) is 8.37. The van der Waals surface area contributed by atoms with Crippen molar-refractivity contribution in [3.8, 4) is 11.1 Å². The molecule has 204 valence electrons. The molecule has 8 rings (SSSR count). The normalized spacial score (nSPS) is 10.5. The fourth-order valence-corrected chi connectivity index (χ4v) is 5.71. The van der Waals surface area contributed by atoms with Crippen molar-refractivity contribution in [1.82, 2.24) is 0 Å². The topological polar surface area (TPSA) is 3.24 Å². The Labute approximate surface area is 281 Å². The second-order valence-corrected chi connectivity index (χ2v) is 10.3. The zero-order valence-electron chi connectivity index (χ0n) is 24.6. The first-order valence-electron chi connectivity index (χ1n) is 14.5. The van der Waals surface area contributed by atoms with E-state index in [1.807, 2.05) is 54.6 Å². The minimum atomic E-state index is 0. The summed E-state index contributed by atoms with van der Waals surface area (Å²) in [5.74, 6) is 0. The van der Waals surface area contributed by atoms with Crippen LogP contribution in [-0.2, 0) is 0 Å². The molecule has 0 heterocycles. The van der Waals surface area contributed by atoms with Crippen LogP contribution in [0.4, 0.5) is 17.1 Å².